The fraction of sp³-hybridized carbons (Fsp3) is 0.250. The Morgan fingerprint density at radius 1 is 1.38 bits per heavy atom. The third kappa shape index (κ3) is 3.18. The fourth-order valence-corrected chi connectivity index (χ4v) is 1.64. The van der Waals surface area contributed by atoms with Crippen LogP contribution in [-0.4, -0.2) is 34.1 Å². The van der Waals surface area contributed by atoms with Crippen LogP contribution in [0.4, 0.5) is 17.6 Å². The second-order valence-corrected chi connectivity index (χ2v) is 4.06. The quantitative estimate of drug-likeness (QED) is 0.642. The molecule has 2 aromatic rings. The number of ketones is 1. The average Bonchev–Trinajstić information content (AvgIpc) is 2.87. The van der Waals surface area contributed by atoms with Crippen LogP contribution < -0.4 is 4.74 Å². The minimum absolute atomic E-state index is 0.000735. The van der Waals surface area contributed by atoms with E-state index in [0.717, 1.165) is 10.9 Å². The van der Waals surface area contributed by atoms with E-state index in [-0.39, 0.29) is 17.9 Å². The number of carbonyl (C=O) groups is 1. The first-order valence-corrected chi connectivity index (χ1v) is 5.66. The monoisotopic (exact) mass is 303 g/mol. The molecule has 0 bridgehead atoms. The molecule has 1 aromatic heterocycles. The lowest BCUT2D eigenvalue weighted by atomic mass is 10.2. The number of hydrogen-bond acceptors (Lipinski definition) is 4. The molecule has 0 N–H and O–H groups in total. The van der Waals surface area contributed by atoms with Gasteiger partial charge in [-0.15, -0.1) is 5.10 Å². The first kappa shape index (κ1) is 14.9. The van der Waals surface area contributed by atoms with Gasteiger partial charge in [0.25, 0.3) is 5.78 Å². The molecule has 21 heavy (non-hydrogen) atoms. The molecule has 1 heterocycles. The van der Waals surface area contributed by atoms with Crippen molar-refractivity contribution >= 4 is 5.78 Å². The topological polar surface area (TPSA) is 57.0 Å². The van der Waals surface area contributed by atoms with E-state index in [1.54, 1.807) is 0 Å². The highest BCUT2D eigenvalue weighted by molar-refractivity contribution is 5.98. The van der Waals surface area contributed by atoms with Gasteiger partial charge in [0, 0.05) is 5.56 Å². The number of nitrogens with zero attached hydrogens (tertiary/aromatic N) is 3. The highest BCUT2D eigenvalue weighted by atomic mass is 19.4. The Bertz CT molecular complexity index is 667. The number of rotatable bonds is 4. The molecule has 5 nitrogen and oxygen atoms in total. The van der Waals surface area contributed by atoms with Gasteiger partial charge in [-0.3, -0.25) is 4.79 Å². The third-order valence-electron chi connectivity index (χ3n) is 2.62. The number of alkyl halides is 3. The normalized spacial score (nSPS) is 11.5. The maximum absolute atomic E-state index is 13.9. The average molecular weight is 303 g/mol. The zero-order chi connectivity index (χ0) is 15.6. The number of aromatic nitrogens is 3. The molecule has 0 fully saturated rings. The first-order valence-electron chi connectivity index (χ1n) is 5.66. The van der Waals surface area contributed by atoms with Gasteiger partial charge in [0.15, 0.2) is 17.3 Å². The highest BCUT2D eigenvalue weighted by Crippen LogP contribution is 2.22. The van der Waals surface area contributed by atoms with Crippen molar-refractivity contribution in [1.29, 1.82) is 0 Å². The van der Waals surface area contributed by atoms with Gasteiger partial charge in [0.05, 0.1) is 19.9 Å². The predicted octanol–water partition coefficient (Wildman–Crippen LogP) is 2.22. The molecule has 0 saturated carbocycles. The number of halogens is 4. The van der Waals surface area contributed by atoms with Gasteiger partial charge < -0.3 is 4.74 Å². The minimum atomic E-state index is -5.03. The van der Waals surface area contributed by atoms with Gasteiger partial charge in [-0.1, -0.05) is 17.3 Å². The van der Waals surface area contributed by atoms with E-state index in [0.29, 0.717) is 0 Å². The Labute approximate surface area is 116 Å². The number of methoxy groups -OCH3 is 1. The molecule has 0 aliphatic carbocycles. The van der Waals surface area contributed by atoms with Gasteiger partial charge in [-0.25, -0.2) is 9.07 Å². The van der Waals surface area contributed by atoms with E-state index in [9.17, 15) is 22.4 Å². The predicted molar refractivity (Wildman–Crippen MR) is 62.5 cm³/mol. The van der Waals surface area contributed by atoms with E-state index < -0.39 is 23.5 Å². The van der Waals surface area contributed by atoms with Crippen molar-refractivity contribution in [1.82, 2.24) is 15.0 Å². The summed E-state index contributed by atoms with van der Waals surface area (Å²) in [4.78, 5) is 11.0. The number of Topliss-reactive ketones (excluding diaryl/α,β-unsaturated/α-hetero) is 1. The van der Waals surface area contributed by atoms with Gasteiger partial charge in [0.1, 0.15) is 0 Å². The van der Waals surface area contributed by atoms with Crippen LogP contribution in [0.1, 0.15) is 16.1 Å². The molecule has 0 spiro atoms. The molecule has 0 aliphatic heterocycles. The summed E-state index contributed by atoms with van der Waals surface area (Å²) in [6, 6.07) is 4.35. The summed E-state index contributed by atoms with van der Waals surface area (Å²) in [5.74, 6) is -2.75. The van der Waals surface area contributed by atoms with Crippen LogP contribution >= 0.6 is 0 Å². The fourth-order valence-electron chi connectivity index (χ4n) is 1.64. The van der Waals surface area contributed by atoms with Crippen molar-refractivity contribution in [2.24, 2.45) is 0 Å². The summed E-state index contributed by atoms with van der Waals surface area (Å²) in [5, 5.41) is 6.52. The minimum Gasteiger partial charge on any atom is -0.494 e. The molecular formula is C12H9F4N3O2. The van der Waals surface area contributed by atoms with Crippen molar-refractivity contribution in [3.8, 4) is 5.75 Å². The standard InChI is InChI=1S/C12H9F4N3O2/c1-21-9-4-2-3-7(10(9)13)5-19-6-8(17-18-19)11(20)12(14,15)16/h2-4,6H,5H2,1H3. The van der Waals surface area contributed by atoms with E-state index >= 15 is 0 Å². The molecule has 0 radical (unpaired) electrons. The van der Waals surface area contributed by atoms with E-state index in [1.807, 2.05) is 0 Å². The summed E-state index contributed by atoms with van der Waals surface area (Å²) < 4.78 is 56.3. The van der Waals surface area contributed by atoms with Crippen molar-refractivity contribution in [3.63, 3.8) is 0 Å². The van der Waals surface area contributed by atoms with Crippen LogP contribution in [0.5, 0.6) is 5.75 Å². The van der Waals surface area contributed by atoms with Gasteiger partial charge in [-0.2, -0.15) is 13.2 Å². The first-order chi connectivity index (χ1) is 9.82. The van der Waals surface area contributed by atoms with Crippen molar-refractivity contribution in [2.45, 2.75) is 12.7 Å². The molecule has 2 rings (SSSR count). The van der Waals surface area contributed by atoms with E-state index in [4.69, 9.17) is 4.74 Å². The van der Waals surface area contributed by atoms with Gasteiger partial charge in [0.2, 0.25) is 0 Å². The van der Waals surface area contributed by atoms with Crippen LogP contribution in [0.2, 0.25) is 0 Å². The maximum Gasteiger partial charge on any atom is 0.456 e. The Hall–Kier alpha value is -2.45. The van der Waals surface area contributed by atoms with Crippen LogP contribution in [-0.2, 0) is 6.54 Å². The molecule has 0 saturated heterocycles. The number of carbonyl (C=O) groups excluding carboxylic acids is 1. The Balaban J connectivity index is 2.23. The van der Waals surface area contributed by atoms with Crippen molar-refractivity contribution in [3.05, 3.63) is 41.5 Å². The Kier molecular flexibility index (Phi) is 3.92. The lowest BCUT2D eigenvalue weighted by Gasteiger charge is -2.06. The summed E-state index contributed by atoms with van der Waals surface area (Å²) in [6.07, 6.45) is -4.21. The molecule has 0 aliphatic rings. The Morgan fingerprint density at radius 3 is 2.71 bits per heavy atom. The lowest BCUT2D eigenvalue weighted by Crippen LogP contribution is -2.23. The van der Waals surface area contributed by atoms with Crippen LogP contribution in [0.15, 0.2) is 24.4 Å². The largest absolute Gasteiger partial charge is 0.494 e. The SMILES string of the molecule is COc1cccc(Cn2cc(C(=O)C(F)(F)F)nn2)c1F. The van der Waals surface area contributed by atoms with Crippen molar-refractivity contribution in [2.75, 3.05) is 7.11 Å². The van der Waals surface area contributed by atoms with Crippen molar-refractivity contribution < 1.29 is 27.1 Å². The summed E-state index contributed by atoms with van der Waals surface area (Å²) in [6.45, 7) is -0.179. The lowest BCUT2D eigenvalue weighted by molar-refractivity contribution is -0.0888. The summed E-state index contributed by atoms with van der Waals surface area (Å²) >= 11 is 0. The van der Waals surface area contributed by atoms with E-state index in [1.165, 1.54) is 25.3 Å². The van der Waals surface area contributed by atoms with E-state index in [2.05, 4.69) is 10.3 Å². The maximum atomic E-state index is 13.9. The van der Waals surface area contributed by atoms with Gasteiger partial charge >= 0.3 is 6.18 Å². The van der Waals surface area contributed by atoms with Crippen LogP contribution in [0.25, 0.3) is 0 Å². The summed E-state index contributed by atoms with van der Waals surface area (Å²) in [7, 11) is 1.29. The van der Waals surface area contributed by atoms with Crippen LogP contribution in [0.3, 0.4) is 0 Å². The molecule has 0 atom stereocenters. The van der Waals surface area contributed by atoms with Gasteiger partial charge in [-0.05, 0) is 6.07 Å². The second-order valence-electron chi connectivity index (χ2n) is 4.06. The number of hydrogen-bond donors (Lipinski definition) is 0. The highest BCUT2D eigenvalue weighted by Gasteiger charge is 2.41. The molecule has 9 heteroatoms. The molecule has 0 amide bonds. The number of ether oxygens (including phenoxy) is 1. The third-order valence-corrected chi connectivity index (χ3v) is 2.62. The second kappa shape index (κ2) is 5.51. The summed E-state index contributed by atoms with van der Waals surface area (Å²) in [5.41, 5.74) is -0.698. The zero-order valence-corrected chi connectivity index (χ0v) is 10.7. The molecule has 1 aromatic carbocycles. The zero-order valence-electron chi connectivity index (χ0n) is 10.7. The molecular weight excluding hydrogens is 294 g/mol. The molecule has 0 unspecified atom stereocenters. The van der Waals surface area contributed by atoms with Crippen LogP contribution in [0, 0.1) is 5.82 Å². The molecule has 112 valence electrons. The Morgan fingerprint density at radius 2 is 2.10 bits per heavy atom. The number of benzene rings is 1. The smallest absolute Gasteiger partial charge is 0.456 e.